The van der Waals surface area contributed by atoms with Gasteiger partial charge in [-0.15, -0.1) is 10.2 Å². The van der Waals surface area contributed by atoms with Crippen LogP contribution in [0.4, 0.5) is 14.6 Å². The maximum Gasteiger partial charge on any atom is 0.394 e. The highest BCUT2D eigenvalue weighted by molar-refractivity contribution is 5.91. The minimum absolute atomic E-state index is 0.0145. The van der Waals surface area contributed by atoms with Crippen LogP contribution in [0.15, 0.2) is 36.7 Å². The van der Waals surface area contributed by atoms with E-state index in [4.69, 9.17) is 0 Å². The average molecular weight is 503 g/mol. The van der Waals surface area contributed by atoms with Crippen molar-refractivity contribution in [1.29, 1.82) is 0 Å². The van der Waals surface area contributed by atoms with Gasteiger partial charge in [0.2, 0.25) is 5.91 Å². The number of carbonyl (C=O) groups is 2. The first-order chi connectivity index (χ1) is 17.2. The SMILES string of the molecule is CC(F)(F)Oc1cccc(CNC(=O)c2cn(CCCCn3cc(NC(=O)CC4CC4)nn3)nn2)c1. The van der Waals surface area contributed by atoms with Gasteiger partial charge in [0.1, 0.15) is 5.75 Å². The largest absolute Gasteiger partial charge is 0.433 e. The molecule has 1 aliphatic rings. The molecular formula is C23H28F2N8O3. The molecule has 2 aromatic heterocycles. The third-order valence-corrected chi connectivity index (χ3v) is 5.42. The highest BCUT2D eigenvalue weighted by atomic mass is 19.3. The molecule has 11 nitrogen and oxygen atoms in total. The summed E-state index contributed by atoms with van der Waals surface area (Å²) in [6.07, 6.45) is 4.30. The molecule has 4 rings (SSSR count). The first-order valence-electron chi connectivity index (χ1n) is 11.8. The van der Waals surface area contributed by atoms with Gasteiger partial charge in [0, 0.05) is 33.0 Å². The number of ether oxygens (including phenoxy) is 1. The average Bonchev–Trinajstić information content (AvgIpc) is 3.30. The van der Waals surface area contributed by atoms with Gasteiger partial charge in [-0.05, 0) is 49.3 Å². The fourth-order valence-corrected chi connectivity index (χ4v) is 3.50. The molecule has 0 saturated heterocycles. The number of alkyl halides is 2. The van der Waals surface area contributed by atoms with Crippen LogP contribution in [0, 0.1) is 5.92 Å². The lowest BCUT2D eigenvalue weighted by Gasteiger charge is -2.13. The number of hydrogen-bond donors (Lipinski definition) is 2. The Bertz CT molecular complexity index is 1190. The Morgan fingerprint density at radius 1 is 1.11 bits per heavy atom. The lowest BCUT2D eigenvalue weighted by atomic mass is 10.2. The van der Waals surface area contributed by atoms with Gasteiger partial charge < -0.3 is 15.4 Å². The Balaban J connectivity index is 1.16. The van der Waals surface area contributed by atoms with Gasteiger partial charge in [0.05, 0.1) is 12.4 Å². The van der Waals surface area contributed by atoms with E-state index in [1.165, 1.54) is 12.1 Å². The molecule has 13 heteroatoms. The summed E-state index contributed by atoms with van der Waals surface area (Å²) in [5.74, 6) is 0.529. The Morgan fingerprint density at radius 3 is 2.56 bits per heavy atom. The summed E-state index contributed by atoms with van der Waals surface area (Å²) in [5.41, 5.74) is 0.765. The van der Waals surface area contributed by atoms with Crippen molar-refractivity contribution in [3.8, 4) is 5.75 Å². The first-order valence-corrected chi connectivity index (χ1v) is 11.8. The minimum Gasteiger partial charge on any atom is -0.433 e. The van der Waals surface area contributed by atoms with Crippen molar-refractivity contribution >= 4 is 17.6 Å². The normalized spacial score (nSPS) is 13.4. The fourth-order valence-electron chi connectivity index (χ4n) is 3.50. The van der Waals surface area contributed by atoms with E-state index in [2.05, 4.69) is 36.0 Å². The van der Waals surface area contributed by atoms with E-state index in [0.29, 0.717) is 43.7 Å². The van der Waals surface area contributed by atoms with E-state index < -0.39 is 12.0 Å². The Labute approximate surface area is 206 Å². The maximum atomic E-state index is 13.0. The number of aryl methyl sites for hydroxylation is 2. The second-order valence-electron chi connectivity index (χ2n) is 8.88. The Morgan fingerprint density at radius 2 is 1.83 bits per heavy atom. The van der Waals surface area contributed by atoms with Crippen molar-refractivity contribution in [2.75, 3.05) is 5.32 Å². The maximum absolute atomic E-state index is 13.0. The molecule has 1 aromatic carbocycles. The van der Waals surface area contributed by atoms with Crippen molar-refractivity contribution in [1.82, 2.24) is 35.3 Å². The van der Waals surface area contributed by atoms with E-state index in [1.807, 2.05) is 0 Å². The molecule has 192 valence electrons. The lowest BCUT2D eigenvalue weighted by Crippen LogP contribution is -2.23. The molecule has 3 aromatic rings. The molecular weight excluding hydrogens is 474 g/mol. The third-order valence-electron chi connectivity index (χ3n) is 5.42. The number of carbonyl (C=O) groups excluding carboxylic acids is 2. The molecule has 2 amide bonds. The number of aromatic nitrogens is 6. The molecule has 2 heterocycles. The molecule has 0 unspecified atom stereocenters. The number of unbranched alkanes of at least 4 members (excludes halogenated alkanes) is 1. The summed E-state index contributed by atoms with van der Waals surface area (Å²) in [4.78, 5) is 24.2. The molecule has 0 spiro atoms. The van der Waals surface area contributed by atoms with Crippen LogP contribution in [0.25, 0.3) is 0 Å². The van der Waals surface area contributed by atoms with Gasteiger partial charge in [-0.3, -0.25) is 19.0 Å². The Hall–Kier alpha value is -3.90. The van der Waals surface area contributed by atoms with Crippen molar-refractivity contribution < 1.29 is 23.1 Å². The minimum atomic E-state index is -3.29. The van der Waals surface area contributed by atoms with Crippen LogP contribution in [0.2, 0.25) is 0 Å². The second kappa shape index (κ2) is 11.2. The van der Waals surface area contributed by atoms with E-state index in [-0.39, 0.29) is 23.9 Å². The third kappa shape index (κ3) is 8.10. The van der Waals surface area contributed by atoms with Crippen LogP contribution in [0.1, 0.15) is 55.1 Å². The topological polar surface area (TPSA) is 129 Å². The number of rotatable bonds is 13. The van der Waals surface area contributed by atoms with Gasteiger partial charge >= 0.3 is 6.11 Å². The van der Waals surface area contributed by atoms with Gasteiger partial charge in [0.25, 0.3) is 5.91 Å². The first kappa shape index (κ1) is 25.2. The molecule has 1 fully saturated rings. The highest BCUT2D eigenvalue weighted by Gasteiger charge is 2.25. The quantitative estimate of drug-likeness (QED) is 0.344. The van der Waals surface area contributed by atoms with E-state index >= 15 is 0 Å². The van der Waals surface area contributed by atoms with Crippen LogP contribution in [0.3, 0.4) is 0 Å². The number of anilines is 1. The van der Waals surface area contributed by atoms with Gasteiger partial charge in [-0.2, -0.15) is 8.78 Å². The molecule has 0 atom stereocenters. The zero-order chi connectivity index (χ0) is 25.5. The number of amides is 2. The Kier molecular flexibility index (Phi) is 7.86. The summed E-state index contributed by atoms with van der Waals surface area (Å²) in [6.45, 7) is 1.97. The number of benzene rings is 1. The molecule has 1 saturated carbocycles. The lowest BCUT2D eigenvalue weighted by molar-refractivity contribution is -0.159. The molecule has 2 N–H and O–H groups in total. The van der Waals surface area contributed by atoms with Gasteiger partial charge in [-0.1, -0.05) is 22.6 Å². The van der Waals surface area contributed by atoms with E-state index in [0.717, 1.165) is 25.7 Å². The summed E-state index contributed by atoms with van der Waals surface area (Å²) >= 11 is 0. The smallest absolute Gasteiger partial charge is 0.394 e. The standard InChI is InChI=1S/C23H28F2N8O3/c1-23(24,25)36-18-6-4-5-17(11-18)13-26-22(35)19-14-32(30-28-19)9-2-3-10-33-15-20(29-31-33)27-21(34)12-16-7-8-16/h4-6,11,14-16H,2-3,7-10,12-13H2,1H3,(H,26,35)(H,27,34). The molecule has 36 heavy (non-hydrogen) atoms. The molecule has 1 aliphatic carbocycles. The van der Waals surface area contributed by atoms with Crippen LogP contribution < -0.4 is 15.4 Å². The zero-order valence-electron chi connectivity index (χ0n) is 19.9. The van der Waals surface area contributed by atoms with Crippen LogP contribution in [0.5, 0.6) is 5.75 Å². The number of nitrogens with one attached hydrogen (secondary N) is 2. The number of hydrogen-bond acceptors (Lipinski definition) is 7. The van der Waals surface area contributed by atoms with E-state index in [9.17, 15) is 18.4 Å². The van der Waals surface area contributed by atoms with Crippen LogP contribution in [-0.2, 0) is 24.4 Å². The molecule has 0 aliphatic heterocycles. The number of halogens is 2. The van der Waals surface area contributed by atoms with E-state index in [1.54, 1.807) is 33.9 Å². The second-order valence-corrected chi connectivity index (χ2v) is 8.88. The van der Waals surface area contributed by atoms with Crippen molar-refractivity contribution in [2.24, 2.45) is 5.92 Å². The van der Waals surface area contributed by atoms with Crippen molar-refractivity contribution in [3.63, 3.8) is 0 Å². The summed E-state index contributed by atoms with van der Waals surface area (Å²) in [5, 5.41) is 21.3. The highest BCUT2D eigenvalue weighted by Crippen LogP contribution is 2.32. The molecule has 0 bridgehead atoms. The monoisotopic (exact) mass is 502 g/mol. The summed E-state index contributed by atoms with van der Waals surface area (Å²) < 4.78 is 33.8. The predicted octanol–water partition coefficient (Wildman–Crippen LogP) is 3.01. The zero-order valence-corrected chi connectivity index (χ0v) is 19.9. The van der Waals surface area contributed by atoms with Crippen molar-refractivity contribution in [3.05, 3.63) is 47.9 Å². The van der Waals surface area contributed by atoms with Gasteiger partial charge in [-0.25, -0.2) is 0 Å². The molecule has 0 radical (unpaired) electrons. The van der Waals surface area contributed by atoms with Crippen LogP contribution in [-0.4, -0.2) is 47.9 Å². The van der Waals surface area contributed by atoms with Crippen molar-refractivity contribution in [2.45, 2.75) is 64.8 Å². The predicted molar refractivity (Wildman–Crippen MR) is 124 cm³/mol. The van der Waals surface area contributed by atoms with Crippen LogP contribution >= 0.6 is 0 Å². The fraction of sp³-hybridized carbons (Fsp3) is 0.478. The summed E-state index contributed by atoms with van der Waals surface area (Å²) in [6, 6.07) is 6.13. The van der Waals surface area contributed by atoms with Gasteiger partial charge in [0.15, 0.2) is 11.5 Å². The summed E-state index contributed by atoms with van der Waals surface area (Å²) in [7, 11) is 0. The number of nitrogens with zero attached hydrogens (tertiary/aromatic N) is 6.